The molecule has 4 N–H and O–H groups in total. The molecule has 1 aromatic rings. The van der Waals surface area contributed by atoms with Gasteiger partial charge in [0.05, 0.1) is 11.3 Å². The van der Waals surface area contributed by atoms with E-state index in [0.717, 1.165) is 30.8 Å². The van der Waals surface area contributed by atoms with E-state index in [1.807, 2.05) is 0 Å². The average Bonchev–Trinajstić information content (AvgIpc) is 2.32. The van der Waals surface area contributed by atoms with Gasteiger partial charge in [-0.1, -0.05) is 0 Å². The Morgan fingerprint density at radius 2 is 2.12 bits per heavy atom. The first-order chi connectivity index (χ1) is 8.09. The van der Waals surface area contributed by atoms with Gasteiger partial charge in [-0.15, -0.1) is 11.8 Å². The molecular weight excluding hydrogens is 239 g/mol. The number of aliphatic hydroxyl groups is 1. The van der Waals surface area contributed by atoms with Gasteiger partial charge in [-0.3, -0.25) is 0 Å². The lowest BCUT2D eigenvalue weighted by Gasteiger charge is -2.32. The lowest BCUT2D eigenvalue weighted by atomic mass is 9.95. The van der Waals surface area contributed by atoms with E-state index in [4.69, 9.17) is 5.73 Å². The Morgan fingerprint density at radius 3 is 2.76 bits per heavy atom. The van der Waals surface area contributed by atoms with Gasteiger partial charge in [-0.2, -0.15) is 0 Å². The van der Waals surface area contributed by atoms with Crippen molar-refractivity contribution in [3.05, 3.63) is 24.0 Å². The fourth-order valence-electron chi connectivity index (χ4n) is 1.85. The molecule has 0 unspecified atom stereocenters. The third-order valence-corrected chi connectivity index (χ3v) is 4.28. The van der Waals surface area contributed by atoms with Crippen LogP contribution < -0.4 is 11.1 Å². The molecule has 5 heteroatoms. The summed E-state index contributed by atoms with van der Waals surface area (Å²) in [6.07, 6.45) is 1.49. The Bertz CT molecular complexity index is 394. The van der Waals surface area contributed by atoms with Gasteiger partial charge >= 0.3 is 0 Å². The smallest absolute Gasteiger partial charge is 0.147 e. The second-order valence-corrected chi connectivity index (χ2v) is 5.50. The Balaban J connectivity index is 1.94. The standard InChI is InChI=1S/C12H17FN2OS/c13-10-7-9(1-2-11(10)14)17-8-12(16)3-5-15-6-4-12/h1-2,7,15-16H,3-6,8,14H2. The molecule has 1 aromatic carbocycles. The van der Waals surface area contributed by atoms with Crippen molar-refractivity contribution in [3.8, 4) is 0 Å². The van der Waals surface area contributed by atoms with Crippen LogP contribution in [0.2, 0.25) is 0 Å². The normalized spacial score (nSPS) is 19.2. The van der Waals surface area contributed by atoms with Crippen LogP contribution in [-0.4, -0.2) is 29.5 Å². The van der Waals surface area contributed by atoms with Gasteiger partial charge < -0.3 is 16.2 Å². The van der Waals surface area contributed by atoms with Crippen LogP contribution in [0.25, 0.3) is 0 Å². The van der Waals surface area contributed by atoms with E-state index < -0.39 is 11.4 Å². The zero-order valence-electron chi connectivity index (χ0n) is 9.58. The largest absolute Gasteiger partial charge is 0.396 e. The van der Waals surface area contributed by atoms with Crippen LogP contribution in [0.3, 0.4) is 0 Å². The van der Waals surface area contributed by atoms with Crippen molar-refractivity contribution < 1.29 is 9.50 Å². The highest BCUT2D eigenvalue weighted by atomic mass is 32.2. The highest BCUT2D eigenvalue weighted by Crippen LogP contribution is 2.29. The van der Waals surface area contributed by atoms with E-state index in [9.17, 15) is 9.50 Å². The average molecular weight is 256 g/mol. The quantitative estimate of drug-likeness (QED) is 0.568. The number of hydrogen-bond donors (Lipinski definition) is 3. The number of thioether (sulfide) groups is 1. The molecular formula is C12H17FN2OS. The molecule has 0 aromatic heterocycles. The zero-order valence-corrected chi connectivity index (χ0v) is 10.4. The van der Waals surface area contributed by atoms with Crippen LogP contribution in [-0.2, 0) is 0 Å². The van der Waals surface area contributed by atoms with Crippen molar-refractivity contribution in [1.82, 2.24) is 5.32 Å². The molecule has 1 aliphatic rings. The summed E-state index contributed by atoms with van der Waals surface area (Å²) in [5, 5.41) is 13.5. The molecule has 17 heavy (non-hydrogen) atoms. The van der Waals surface area contributed by atoms with E-state index >= 15 is 0 Å². The van der Waals surface area contributed by atoms with E-state index in [0.29, 0.717) is 5.75 Å². The lowest BCUT2D eigenvalue weighted by Crippen LogP contribution is -2.43. The lowest BCUT2D eigenvalue weighted by molar-refractivity contribution is 0.0339. The van der Waals surface area contributed by atoms with Gasteiger partial charge in [-0.05, 0) is 44.1 Å². The molecule has 2 rings (SSSR count). The summed E-state index contributed by atoms with van der Waals surface area (Å²) in [6.45, 7) is 1.68. The summed E-state index contributed by atoms with van der Waals surface area (Å²) < 4.78 is 13.2. The summed E-state index contributed by atoms with van der Waals surface area (Å²) in [7, 11) is 0. The van der Waals surface area contributed by atoms with Gasteiger partial charge in [-0.25, -0.2) is 4.39 Å². The first-order valence-electron chi connectivity index (χ1n) is 5.70. The molecule has 1 heterocycles. The molecule has 0 radical (unpaired) electrons. The number of hydrogen-bond acceptors (Lipinski definition) is 4. The summed E-state index contributed by atoms with van der Waals surface area (Å²) in [5.74, 6) is 0.199. The van der Waals surface area contributed by atoms with E-state index in [1.54, 1.807) is 12.1 Å². The predicted molar refractivity (Wildman–Crippen MR) is 68.6 cm³/mol. The third kappa shape index (κ3) is 3.34. The molecule has 3 nitrogen and oxygen atoms in total. The Morgan fingerprint density at radius 1 is 1.41 bits per heavy atom. The van der Waals surface area contributed by atoms with Gasteiger partial charge in [0.2, 0.25) is 0 Å². The topological polar surface area (TPSA) is 58.3 Å². The maximum Gasteiger partial charge on any atom is 0.147 e. The maximum absolute atomic E-state index is 13.2. The van der Waals surface area contributed by atoms with Crippen LogP contribution in [0.1, 0.15) is 12.8 Å². The summed E-state index contributed by atoms with van der Waals surface area (Å²) in [6, 6.07) is 4.77. The molecule has 0 saturated carbocycles. The Labute approximate surface area is 105 Å². The zero-order chi connectivity index (χ0) is 12.3. The molecule has 94 valence electrons. The molecule has 0 bridgehead atoms. The van der Waals surface area contributed by atoms with E-state index in [2.05, 4.69) is 5.32 Å². The highest BCUT2D eigenvalue weighted by molar-refractivity contribution is 7.99. The molecule has 1 aliphatic heterocycles. The Hall–Kier alpha value is -0.780. The number of rotatable bonds is 3. The molecule has 0 spiro atoms. The van der Waals surface area contributed by atoms with Crippen molar-refractivity contribution >= 4 is 17.4 Å². The van der Waals surface area contributed by atoms with Crippen molar-refractivity contribution in [2.45, 2.75) is 23.3 Å². The SMILES string of the molecule is Nc1ccc(SCC2(O)CCNCC2)cc1F. The third-order valence-electron chi connectivity index (χ3n) is 3.01. The first-order valence-corrected chi connectivity index (χ1v) is 6.69. The van der Waals surface area contributed by atoms with Crippen LogP contribution in [0.15, 0.2) is 23.1 Å². The molecule has 0 aliphatic carbocycles. The van der Waals surface area contributed by atoms with E-state index in [1.165, 1.54) is 17.8 Å². The molecule has 1 saturated heterocycles. The number of benzene rings is 1. The number of anilines is 1. The fraction of sp³-hybridized carbons (Fsp3) is 0.500. The summed E-state index contributed by atoms with van der Waals surface area (Å²) >= 11 is 1.48. The van der Waals surface area contributed by atoms with Crippen molar-refractivity contribution in [3.63, 3.8) is 0 Å². The predicted octanol–water partition coefficient (Wildman–Crippen LogP) is 1.61. The minimum absolute atomic E-state index is 0.162. The second-order valence-electron chi connectivity index (χ2n) is 4.45. The number of piperidine rings is 1. The van der Waals surface area contributed by atoms with Crippen molar-refractivity contribution in [2.75, 3.05) is 24.6 Å². The first kappa shape index (κ1) is 12.7. The molecule has 1 fully saturated rings. The minimum Gasteiger partial charge on any atom is -0.396 e. The van der Waals surface area contributed by atoms with Crippen LogP contribution in [0.4, 0.5) is 10.1 Å². The summed E-state index contributed by atoms with van der Waals surface area (Å²) in [4.78, 5) is 0.809. The molecule has 0 amide bonds. The number of nitrogens with two attached hydrogens (primary N) is 1. The summed E-state index contributed by atoms with van der Waals surface area (Å²) in [5.41, 5.74) is 4.94. The van der Waals surface area contributed by atoms with Gasteiger partial charge in [0.25, 0.3) is 0 Å². The van der Waals surface area contributed by atoms with Gasteiger partial charge in [0.15, 0.2) is 0 Å². The number of nitrogens with one attached hydrogen (secondary N) is 1. The molecule has 0 atom stereocenters. The van der Waals surface area contributed by atoms with Crippen LogP contribution >= 0.6 is 11.8 Å². The second kappa shape index (κ2) is 5.25. The minimum atomic E-state index is -0.631. The van der Waals surface area contributed by atoms with E-state index in [-0.39, 0.29) is 5.69 Å². The van der Waals surface area contributed by atoms with Crippen LogP contribution in [0, 0.1) is 5.82 Å². The van der Waals surface area contributed by atoms with Gasteiger partial charge in [0, 0.05) is 10.6 Å². The highest BCUT2D eigenvalue weighted by Gasteiger charge is 2.28. The maximum atomic E-state index is 13.2. The van der Waals surface area contributed by atoms with Gasteiger partial charge in [0.1, 0.15) is 5.82 Å². The number of halogens is 1. The monoisotopic (exact) mass is 256 g/mol. The van der Waals surface area contributed by atoms with Crippen molar-refractivity contribution in [1.29, 1.82) is 0 Å². The number of nitrogen functional groups attached to an aromatic ring is 1. The Kier molecular flexibility index (Phi) is 3.91. The fourth-order valence-corrected chi connectivity index (χ4v) is 2.93. The van der Waals surface area contributed by atoms with Crippen LogP contribution in [0.5, 0.6) is 0 Å². The van der Waals surface area contributed by atoms with Crippen molar-refractivity contribution in [2.24, 2.45) is 0 Å².